The molecule has 1 aromatic heterocycles. The third-order valence-corrected chi connectivity index (χ3v) is 2.41. The maximum absolute atomic E-state index is 13.1. The molecule has 1 aromatic carbocycles. The average molecular weight is 280 g/mol. The van der Waals surface area contributed by atoms with Crippen molar-refractivity contribution < 1.29 is 13.7 Å². The van der Waals surface area contributed by atoms with Crippen molar-refractivity contribution in [3.05, 3.63) is 52.1 Å². The second kappa shape index (κ2) is 5.47. The molecule has 104 valence electrons. The van der Waals surface area contributed by atoms with Crippen molar-refractivity contribution in [2.45, 2.75) is 0 Å². The van der Waals surface area contributed by atoms with E-state index in [-0.39, 0.29) is 23.0 Å². The van der Waals surface area contributed by atoms with E-state index in [4.69, 9.17) is 0 Å². The minimum absolute atomic E-state index is 0.105. The van der Waals surface area contributed by atoms with E-state index in [2.05, 4.69) is 15.6 Å². The first-order chi connectivity index (χ1) is 9.47. The summed E-state index contributed by atoms with van der Waals surface area (Å²) >= 11 is 0. The van der Waals surface area contributed by atoms with Gasteiger partial charge in [0, 0.05) is 18.8 Å². The van der Waals surface area contributed by atoms with Crippen LogP contribution in [0.15, 0.2) is 30.3 Å². The van der Waals surface area contributed by atoms with Crippen LogP contribution < -0.4 is 10.6 Å². The van der Waals surface area contributed by atoms with Crippen LogP contribution in [0.25, 0.3) is 0 Å². The lowest BCUT2D eigenvalue weighted by molar-refractivity contribution is -0.384. The van der Waals surface area contributed by atoms with Crippen LogP contribution in [0, 0.1) is 21.7 Å². The summed E-state index contributed by atoms with van der Waals surface area (Å²) in [5.41, 5.74) is -0.0822. The van der Waals surface area contributed by atoms with Crippen molar-refractivity contribution in [1.29, 1.82) is 0 Å². The summed E-state index contributed by atoms with van der Waals surface area (Å²) in [5, 5.41) is 16.1. The highest BCUT2D eigenvalue weighted by molar-refractivity contribution is 5.62. The van der Waals surface area contributed by atoms with Crippen LogP contribution >= 0.6 is 0 Å². The van der Waals surface area contributed by atoms with Gasteiger partial charge in [0.05, 0.1) is 17.1 Å². The highest BCUT2D eigenvalue weighted by atomic mass is 19.1. The summed E-state index contributed by atoms with van der Waals surface area (Å²) in [4.78, 5) is 14.2. The molecule has 8 heteroatoms. The first-order valence-corrected chi connectivity index (χ1v) is 5.55. The fourth-order valence-corrected chi connectivity index (χ4v) is 1.59. The smallest absolute Gasteiger partial charge is 0.276 e. The zero-order chi connectivity index (χ0) is 14.7. The van der Waals surface area contributed by atoms with Crippen LogP contribution in [0.2, 0.25) is 0 Å². The Labute approximate surface area is 112 Å². The maximum Gasteiger partial charge on any atom is 0.276 e. The van der Waals surface area contributed by atoms with Gasteiger partial charge >= 0.3 is 0 Å². The number of anilines is 3. The van der Waals surface area contributed by atoms with E-state index < -0.39 is 16.6 Å². The number of aromatic nitrogens is 1. The molecular formula is C12H10F2N4O2. The van der Waals surface area contributed by atoms with E-state index in [0.29, 0.717) is 0 Å². The Hall–Kier alpha value is -2.77. The number of hydrogen-bond donors (Lipinski definition) is 2. The molecule has 0 spiro atoms. The van der Waals surface area contributed by atoms with Crippen LogP contribution in [0.5, 0.6) is 0 Å². The second-order valence-corrected chi connectivity index (χ2v) is 3.89. The summed E-state index contributed by atoms with van der Waals surface area (Å²) in [7, 11) is 1.55. The van der Waals surface area contributed by atoms with Crippen molar-refractivity contribution in [1.82, 2.24) is 4.98 Å². The highest BCUT2D eigenvalue weighted by Crippen LogP contribution is 2.24. The lowest BCUT2D eigenvalue weighted by Gasteiger charge is -2.08. The van der Waals surface area contributed by atoms with E-state index >= 15 is 0 Å². The van der Waals surface area contributed by atoms with Gasteiger partial charge in [-0.25, -0.2) is 13.8 Å². The number of halogens is 2. The second-order valence-electron chi connectivity index (χ2n) is 3.89. The van der Waals surface area contributed by atoms with Gasteiger partial charge < -0.3 is 10.6 Å². The Morgan fingerprint density at radius 3 is 2.25 bits per heavy atom. The van der Waals surface area contributed by atoms with Gasteiger partial charge in [0.25, 0.3) is 5.69 Å². The standard InChI is InChI=1S/C12H10F2N4O2/c1-15-11-5-10(18(19)20)6-12(17-11)16-9-3-7(13)2-8(14)4-9/h2-6H,1H3,(H2,15,16,17). The summed E-state index contributed by atoms with van der Waals surface area (Å²) in [5.74, 6) is -1.15. The number of nitrogens with one attached hydrogen (secondary N) is 2. The molecule has 0 saturated heterocycles. The van der Waals surface area contributed by atoms with Crippen molar-refractivity contribution in [2.75, 3.05) is 17.7 Å². The van der Waals surface area contributed by atoms with Crippen LogP contribution in [-0.4, -0.2) is 17.0 Å². The number of nitrogens with zero attached hydrogens (tertiary/aromatic N) is 2. The van der Waals surface area contributed by atoms with Gasteiger partial charge in [0.15, 0.2) is 0 Å². The number of rotatable bonds is 4. The fourth-order valence-electron chi connectivity index (χ4n) is 1.59. The maximum atomic E-state index is 13.1. The summed E-state index contributed by atoms with van der Waals surface area (Å²) < 4.78 is 26.1. The molecule has 0 aliphatic rings. The minimum atomic E-state index is -0.758. The first kappa shape index (κ1) is 13.7. The van der Waals surface area contributed by atoms with Crippen molar-refractivity contribution in [3.63, 3.8) is 0 Å². The quantitative estimate of drug-likeness (QED) is 0.664. The van der Waals surface area contributed by atoms with Crippen LogP contribution in [0.1, 0.15) is 0 Å². The molecule has 2 rings (SSSR count). The van der Waals surface area contributed by atoms with Crippen molar-refractivity contribution in [3.8, 4) is 0 Å². The van der Waals surface area contributed by atoms with Gasteiger partial charge in [-0.05, 0) is 12.1 Å². The number of hydrogen-bond acceptors (Lipinski definition) is 5. The van der Waals surface area contributed by atoms with Crippen molar-refractivity contribution in [2.24, 2.45) is 0 Å². The van der Waals surface area contributed by atoms with E-state index in [0.717, 1.165) is 18.2 Å². The van der Waals surface area contributed by atoms with E-state index in [1.54, 1.807) is 7.05 Å². The molecule has 0 bridgehead atoms. The number of pyridine rings is 1. The van der Waals surface area contributed by atoms with Gasteiger partial charge in [-0.1, -0.05) is 0 Å². The molecule has 6 nitrogen and oxygen atoms in total. The van der Waals surface area contributed by atoms with Crippen LogP contribution in [0.4, 0.5) is 31.8 Å². The summed E-state index contributed by atoms with van der Waals surface area (Å²) in [6.45, 7) is 0. The summed E-state index contributed by atoms with van der Waals surface area (Å²) in [6.07, 6.45) is 0. The monoisotopic (exact) mass is 280 g/mol. The molecule has 20 heavy (non-hydrogen) atoms. The molecule has 2 aromatic rings. The van der Waals surface area contributed by atoms with Crippen molar-refractivity contribution >= 4 is 23.0 Å². The average Bonchev–Trinajstić information content (AvgIpc) is 2.36. The Morgan fingerprint density at radius 2 is 1.70 bits per heavy atom. The SMILES string of the molecule is CNc1cc([N+](=O)[O-])cc(Nc2cc(F)cc(F)c2)n1. The molecule has 0 amide bonds. The molecule has 0 unspecified atom stereocenters. The highest BCUT2D eigenvalue weighted by Gasteiger charge is 2.11. The first-order valence-electron chi connectivity index (χ1n) is 5.55. The Balaban J connectivity index is 2.37. The summed E-state index contributed by atoms with van der Waals surface area (Å²) in [6, 6.07) is 5.26. The predicted molar refractivity (Wildman–Crippen MR) is 70.1 cm³/mol. The molecular weight excluding hydrogens is 270 g/mol. The molecule has 0 radical (unpaired) electrons. The van der Waals surface area contributed by atoms with E-state index in [1.165, 1.54) is 12.1 Å². The number of benzene rings is 1. The van der Waals surface area contributed by atoms with Gasteiger partial charge in [-0.3, -0.25) is 10.1 Å². The number of nitro groups is 1. The molecule has 0 fully saturated rings. The normalized spacial score (nSPS) is 10.2. The molecule has 0 atom stereocenters. The van der Waals surface area contributed by atoms with Gasteiger partial charge in [-0.2, -0.15) is 0 Å². The zero-order valence-corrected chi connectivity index (χ0v) is 10.4. The van der Waals surface area contributed by atoms with Crippen LogP contribution in [-0.2, 0) is 0 Å². The van der Waals surface area contributed by atoms with E-state index in [1.807, 2.05) is 0 Å². The minimum Gasteiger partial charge on any atom is -0.373 e. The molecule has 1 heterocycles. The van der Waals surface area contributed by atoms with Gasteiger partial charge in [-0.15, -0.1) is 0 Å². The lowest BCUT2D eigenvalue weighted by atomic mass is 10.3. The third kappa shape index (κ3) is 3.16. The Bertz CT molecular complexity index is 644. The zero-order valence-electron chi connectivity index (χ0n) is 10.4. The largest absolute Gasteiger partial charge is 0.373 e. The molecule has 0 saturated carbocycles. The van der Waals surface area contributed by atoms with Gasteiger partial charge in [0.1, 0.15) is 23.3 Å². The van der Waals surface area contributed by atoms with Crippen LogP contribution in [0.3, 0.4) is 0 Å². The van der Waals surface area contributed by atoms with Gasteiger partial charge in [0.2, 0.25) is 0 Å². The predicted octanol–water partition coefficient (Wildman–Crippen LogP) is 3.05. The third-order valence-electron chi connectivity index (χ3n) is 2.41. The lowest BCUT2D eigenvalue weighted by Crippen LogP contribution is -2.01. The molecule has 0 aliphatic carbocycles. The Morgan fingerprint density at radius 1 is 1.10 bits per heavy atom. The topological polar surface area (TPSA) is 80.1 Å². The Kier molecular flexibility index (Phi) is 3.74. The van der Waals surface area contributed by atoms with E-state index in [9.17, 15) is 18.9 Å². The molecule has 2 N–H and O–H groups in total. The molecule has 0 aliphatic heterocycles. The fraction of sp³-hybridized carbons (Fsp3) is 0.0833.